The molecule has 31 heavy (non-hydrogen) atoms. The maximum absolute atomic E-state index is 12.4. The number of rotatable bonds is 6. The van der Waals surface area contributed by atoms with E-state index in [0.717, 1.165) is 0 Å². The minimum absolute atomic E-state index is 0.147. The topological polar surface area (TPSA) is 118 Å². The molecule has 0 spiro atoms. The molecule has 0 aliphatic carbocycles. The zero-order valence-corrected chi connectivity index (χ0v) is 18.2. The summed E-state index contributed by atoms with van der Waals surface area (Å²) in [7, 11) is 1.53. The molecule has 0 saturated carbocycles. The Morgan fingerprint density at radius 3 is 2.61 bits per heavy atom. The summed E-state index contributed by atoms with van der Waals surface area (Å²) in [5.74, 6) is 0.521. The van der Waals surface area contributed by atoms with Crippen LogP contribution in [-0.4, -0.2) is 17.9 Å². The Balaban J connectivity index is 1.84. The van der Waals surface area contributed by atoms with Gasteiger partial charge < -0.3 is 14.5 Å². The van der Waals surface area contributed by atoms with Crippen LogP contribution in [0.15, 0.2) is 63.0 Å². The van der Waals surface area contributed by atoms with E-state index in [2.05, 4.69) is 21.2 Å². The summed E-state index contributed by atoms with van der Waals surface area (Å²) in [4.78, 5) is 23.0. The zero-order valence-electron chi connectivity index (χ0n) is 15.9. The van der Waals surface area contributed by atoms with Crippen LogP contribution >= 0.6 is 27.5 Å². The van der Waals surface area contributed by atoms with Gasteiger partial charge in [-0.25, -0.2) is 0 Å². The van der Waals surface area contributed by atoms with Gasteiger partial charge in [-0.1, -0.05) is 11.6 Å². The fraction of sp³-hybridized carbons (Fsp3) is 0.0476. The maximum Gasteiger partial charge on any atom is 0.285 e. The molecule has 0 radical (unpaired) electrons. The second-order valence-corrected chi connectivity index (χ2v) is 7.30. The molecule has 0 bridgehead atoms. The first kappa shape index (κ1) is 22.1. The van der Waals surface area contributed by atoms with Gasteiger partial charge >= 0.3 is 0 Å². The van der Waals surface area contributed by atoms with Gasteiger partial charge in [-0.2, -0.15) is 5.26 Å². The Labute approximate surface area is 190 Å². The van der Waals surface area contributed by atoms with Crippen molar-refractivity contribution in [3.8, 4) is 23.1 Å². The Kier molecular flexibility index (Phi) is 6.74. The average Bonchev–Trinajstić information content (AvgIpc) is 3.22. The van der Waals surface area contributed by atoms with Crippen LogP contribution in [0.25, 0.3) is 17.4 Å². The van der Waals surface area contributed by atoms with Gasteiger partial charge in [0.1, 0.15) is 33.4 Å². The van der Waals surface area contributed by atoms with Crippen molar-refractivity contribution in [2.24, 2.45) is 0 Å². The number of amides is 1. The largest absolute Gasteiger partial charge is 0.497 e. The van der Waals surface area contributed by atoms with E-state index < -0.39 is 10.8 Å². The summed E-state index contributed by atoms with van der Waals surface area (Å²) in [6.07, 6.45) is 1.28. The lowest BCUT2D eigenvalue weighted by Gasteiger charge is -2.05. The van der Waals surface area contributed by atoms with Crippen molar-refractivity contribution in [2.45, 2.75) is 0 Å². The number of nitro benzene ring substituents is 1. The molecule has 3 aromatic rings. The number of carbonyl (C=O) groups is 1. The number of halogens is 2. The number of ether oxygens (including phenoxy) is 1. The molecule has 1 heterocycles. The van der Waals surface area contributed by atoms with E-state index in [1.165, 1.54) is 31.4 Å². The minimum Gasteiger partial charge on any atom is -0.497 e. The zero-order chi connectivity index (χ0) is 22.5. The van der Waals surface area contributed by atoms with Crippen molar-refractivity contribution >= 4 is 50.9 Å². The molecule has 0 saturated heterocycles. The number of nitrogens with one attached hydrogen (secondary N) is 1. The Hall–Kier alpha value is -3.61. The summed E-state index contributed by atoms with van der Waals surface area (Å²) in [6.45, 7) is 0. The van der Waals surface area contributed by atoms with E-state index in [1.54, 1.807) is 30.3 Å². The van der Waals surface area contributed by atoms with E-state index in [9.17, 15) is 20.2 Å². The number of nitrogens with zero attached hydrogens (tertiary/aromatic N) is 2. The number of methoxy groups -OCH3 is 1. The quantitative estimate of drug-likeness (QED) is 0.196. The third kappa shape index (κ3) is 5.12. The smallest absolute Gasteiger partial charge is 0.285 e. The fourth-order valence-electron chi connectivity index (χ4n) is 2.60. The molecule has 0 atom stereocenters. The van der Waals surface area contributed by atoms with Crippen LogP contribution in [0.5, 0.6) is 5.75 Å². The van der Waals surface area contributed by atoms with Crippen LogP contribution in [0.1, 0.15) is 5.76 Å². The van der Waals surface area contributed by atoms with E-state index in [-0.39, 0.29) is 32.3 Å². The Morgan fingerprint density at radius 1 is 1.29 bits per heavy atom. The lowest BCUT2D eigenvalue weighted by Crippen LogP contribution is -2.13. The molecule has 0 aliphatic heterocycles. The average molecular weight is 503 g/mol. The number of anilines is 1. The molecule has 0 aliphatic rings. The van der Waals surface area contributed by atoms with Crippen LogP contribution < -0.4 is 10.1 Å². The van der Waals surface area contributed by atoms with Gasteiger partial charge in [-0.15, -0.1) is 0 Å². The molecule has 0 fully saturated rings. The highest BCUT2D eigenvalue weighted by molar-refractivity contribution is 9.10. The standard InChI is InChI=1S/C21H13BrClN3O5/c1-30-15-4-2-14(3-5-15)25-21(27)13(11-24)8-16-6-7-19(31-16)12-9-17(23)20(22)18(10-12)26(28)29/h2-10H,1H3,(H,25,27)/b13-8-. The highest BCUT2D eigenvalue weighted by atomic mass is 79.9. The van der Waals surface area contributed by atoms with E-state index in [0.29, 0.717) is 17.0 Å². The van der Waals surface area contributed by atoms with Crippen LogP contribution in [0, 0.1) is 21.4 Å². The Morgan fingerprint density at radius 2 is 2.00 bits per heavy atom. The van der Waals surface area contributed by atoms with Gasteiger partial charge in [0, 0.05) is 23.4 Å². The van der Waals surface area contributed by atoms with Gasteiger partial charge in [0.05, 0.1) is 17.1 Å². The van der Waals surface area contributed by atoms with E-state index >= 15 is 0 Å². The summed E-state index contributed by atoms with van der Waals surface area (Å²) < 4.78 is 10.9. The second-order valence-electron chi connectivity index (χ2n) is 6.10. The number of hydrogen-bond donors (Lipinski definition) is 1. The van der Waals surface area contributed by atoms with Gasteiger partial charge in [0.25, 0.3) is 11.6 Å². The van der Waals surface area contributed by atoms with Crippen molar-refractivity contribution < 1.29 is 18.9 Å². The molecule has 0 unspecified atom stereocenters. The number of carbonyl (C=O) groups excluding carboxylic acids is 1. The normalized spacial score (nSPS) is 11.0. The lowest BCUT2D eigenvalue weighted by molar-refractivity contribution is -0.385. The molecular weight excluding hydrogens is 490 g/mol. The summed E-state index contributed by atoms with van der Waals surface area (Å²) in [5.41, 5.74) is 0.466. The molecule has 1 amide bonds. The van der Waals surface area contributed by atoms with Crippen molar-refractivity contribution in [2.75, 3.05) is 12.4 Å². The van der Waals surface area contributed by atoms with Crippen LogP contribution in [-0.2, 0) is 4.79 Å². The second kappa shape index (κ2) is 9.47. The molecule has 1 N–H and O–H groups in total. The van der Waals surface area contributed by atoms with Crippen molar-refractivity contribution in [1.29, 1.82) is 5.26 Å². The number of furan rings is 1. The minimum atomic E-state index is -0.618. The number of hydrogen-bond acceptors (Lipinski definition) is 6. The summed E-state index contributed by atoms with van der Waals surface area (Å²) >= 11 is 9.14. The van der Waals surface area contributed by atoms with Crippen LogP contribution in [0.2, 0.25) is 5.02 Å². The summed E-state index contributed by atoms with van der Waals surface area (Å²) in [5, 5.41) is 23.3. The van der Waals surface area contributed by atoms with Gasteiger partial charge in [0.2, 0.25) is 0 Å². The van der Waals surface area contributed by atoms with Gasteiger partial charge in [-0.3, -0.25) is 14.9 Å². The van der Waals surface area contributed by atoms with E-state index in [1.807, 2.05) is 6.07 Å². The molecule has 1 aromatic heterocycles. The van der Waals surface area contributed by atoms with Crippen molar-refractivity contribution in [3.05, 3.63) is 79.5 Å². The number of nitriles is 1. The molecule has 156 valence electrons. The Bertz CT molecular complexity index is 1230. The van der Waals surface area contributed by atoms with Gasteiger partial charge in [0.15, 0.2) is 0 Å². The maximum atomic E-state index is 12.4. The lowest BCUT2D eigenvalue weighted by atomic mass is 10.1. The van der Waals surface area contributed by atoms with Gasteiger partial charge in [-0.05, 0) is 58.4 Å². The highest BCUT2D eigenvalue weighted by Gasteiger charge is 2.19. The predicted molar refractivity (Wildman–Crippen MR) is 119 cm³/mol. The first-order chi connectivity index (χ1) is 14.8. The number of nitro groups is 1. The molecule has 2 aromatic carbocycles. The van der Waals surface area contributed by atoms with E-state index in [4.69, 9.17) is 20.8 Å². The van der Waals surface area contributed by atoms with Crippen molar-refractivity contribution in [3.63, 3.8) is 0 Å². The third-order valence-corrected chi connectivity index (χ3v) is 5.48. The monoisotopic (exact) mass is 501 g/mol. The highest BCUT2D eigenvalue weighted by Crippen LogP contribution is 2.37. The molecule has 3 rings (SSSR count). The first-order valence-electron chi connectivity index (χ1n) is 8.63. The molecule has 8 nitrogen and oxygen atoms in total. The SMILES string of the molecule is COc1ccc(NC(=O)/C(C#N)=C\c2ccc(-c3cc(Cl)c(Br)c([N+](=O)[O-])c3)o2)cc1. The fourth-order valence-corrected chi connectivity index (χ4v) is 3.19. The van der Waals surface area contributed by atoms with Crippen LogP contribution in [0.3, 0.4) is 0 Å². The number of benzene rings is 2. The third-order valence-electron chi connectivity index (χ3n) is 4.12. The molecular formula is C21H13BrClN3O5. The summed E-state index contributed by atoms with van der Waals surface area (Å²) in [6, 6.07) is 14.4. The molecule has 10 heteroatoms. The van der Waals surface area contributed by atoms with Crippen molar-refractivity contribution in [1.82, 2.24) is 0 Å². The predicted octanol–water partition coefficient (Wildman–Crippen LogP) is 5.82. The first-order valence-corrected chi connectivity index (χ1v) is 9.80. The van der Waals surface area contributed by atoms with Crippen LogP contribution in [0.4, 0.5) is 11.4 Å².